The van der Waals surface area contributed by atoms with Crippen LogP contribution in [0.15, 0.2) is 168 Å². The number of nitrogens with zero attached hydrogens (tertiary/aromatic N) is 5. The van der Waals surface area contributed by atoms with E-state index in [9.17, 15) is 43.8 Å². The lowest BCUT2D eigenvalue weighted by atomic mass is 9.84. The molecule has 12 amide bonds. The molecule has 34 heteroatoms. The Hall–Kier alpha value is -12.6. The Kier molecular flexibility index (Phi) is 39.8. The zero-order valence-corrected chi connectivity index (χ0v) is 77.4. The standard InChI is InChI=1S/C96H120BrN13O19S/c1-11-12-27-80-95(127)106(6)52-70(114)48-66(54-129-57-111)84(116)50-72(59(4)5)92(124)109(9)81(46-60-21-15-13-16-22-60)91(123)104-77(44-64-32-38-69(113)39-33-64)93(125)107(7)53-86(118)100-76(49-65-51-99-73-26-20-19-25-71(65)73)90(122)103-75(43-63-30-36-68(112)37-31-63)89(121)102-74(42-58(2)3)88(120)105-79(83(115)40-41-85(98)117)55-130-56-87(119)101-78(45-62-28-34-67(97)35-29-62)94(126)110(10)82(96(128)108(80)8)47-61-23-17-14-18-24-61/h13-26,28-39,51,57-59,66,72,74-82,99,112-113H,11-12,27,40-50,52-56H2,1-10H3,(H2,98,117)(H,100,118)(H,101,119)(H,102,121)(H,103,122)(H,104,123)(H,105,120)/t66-,72-,74-,75-,76-,77-,78-,79-,80-,81-,82-/m0/s1. The number of halogens is 1. The summed E-state index contributed by atoms with van der Waals surface area (Å²) < 4.78 is 5.86. The molecule has 1 saturated heterocycles. The van der Waals surface area contributed by atoms with Crippen molar-refractivity contribution in [2.45, 2.75) is 179 Å². The fraction of sp³-hybridized carbons (Fsp3) is 0.438. The number of amides is 12. The number of likely N-dealkylation sites (N-methyl/N-ethyl adjacent to an activating group) is 5. The van der Waals surface area contributed by atoms with Gasteiger partial charge in [0.2, 0.25) is 70.9 Å². The van der Waals surface area contributed by atoms with Crippen LogP contribution in [0.5, 0.6) is 11.5 Å². The molecule has 6 aromatic carbocycles. The van der Waals surface area contributed by atoms with Crippen LogP contribution < -0.4 is 37.6 Å². The maximum atomic E-state index is 15.6. The number of nitrogens with one attached hydrogen (secondary N) is 7. The number of Topliss-reactive ketones (excluding diaryl/α,β-unsaturated/α-hetero) is 3. The van der Waals surface area contributed by atoms with Crippen LogP contribution in [-0.2, 0) is 120 Å². The first-order valence-corrected chi connectivity index (χ1v) is 45.4. The van der Waals surface area contributed by atoms with Crippen LogP contribution in [0.3, 0.4) is 0 Å². The van der Waals surface area contributed by atoms with Crippen molar-refractivity contribution in [1.82, 2.24) is 61.4 Å². The molecule has 0 saturated carbocycles. The quantitative estimate of drug-likeness (QED) is 0.0285. The van der Waals surface area contributed by atoms with Gasteiger partial charge in [-0.25, -0.2) is 0 Å². The minimum absolute atomic E-state index is 0.0663. The number of primary amides is 1. The third kappa shape index (κ3) is 31.1. The highest BCUT2D eigenvalue weighted by molar-refractivity contribution is 9.10. The lowest BCUT2D eigenvalue weighted by Gasteiger charge is -2.37. The molecule has 696 valence electrons. The fourth-order valence-corrected chi connectivity index (χ4v) is 16.7. The topological polar surface area (TPSA) is 453 Å². The summed E-state index contributed by atoms with van der Waals surface area (Å²) in [6.07, 6.45) is -0.567. The molecule has 11 atom stereocenters. The molecule has 32 nitrogen and oxygen atoms in total. The van der Waals surface area contributed by atoms with Crippen molar-refractivity contribution in [3.8, 4) is 11.5 Å². The second-order valence-corrected chi connectivity index (χ2v) is 35.8. The van der Waals surface area contributed by atoms with Crippen molar-refractivity contribution in [2.75, 3.05) is 66.4 Å². The average molecular weight is 1870 g/mol. The highest BCUT2D eigenvalue weighted by Gasteiger charge is 2.42. The van der Waals surface area contributed by atoms with Crippen LogP contribution in [0.25, 0.3) is 10.9 Å². The van der Waals surface area contributed by atoms with Crippen LogP contribution >= 0.6 is 27.7 Å². The first kappa shape index (κ1) is 103. The highest BCUT2D eigenvalue weighted by Crippen LogP contribution is 2.28. The SMILES string of the molecule is CCCC[C@H]1C(=O)N(C)CC(=O)C[C@@H](COC=O)C(=O)C[C@@H](C(C)C)C(=O)N(C)[C@@H](Cc2ccccc2)C(=O)N[C@@H](Cc2ccc(O)cc2)C(=O)N(C)CC(=O)N[C@@H](Cc2c[nH]c3ccccc23)C(=O)N[C@@H](Cc2ccc(O)cc2)C(=O)N[C@@H](CC(C)C)C(=O)N[C@H](C(=O)CCC(N)=O)CSCC(=O)N[C@@H](Cc2ccc(Br)cc2)C(=O)N(C)[C@@H](Cc2ccccc2)C(=O)N1C. The Balaban J connectivity index is 1.21. The van der Waals surface area contributed by atoms with Gasteiger partial charge in [-0.05, 0) is 101 Å². The van der Waals surface area contributed by atoms with Gasteiger partial charge in [0.1, 0.15) is 72.2 Å². The number of para-hydroxylation sites is 1. The van der Waals surface area contributed by atoms with Gasteiger partial charge in [0, 0.05) is 133 Å². The molecule has 0 aliphatic carbocycles. The van der Waals surface area contributed by atoms with Crippen molar-refractivity contribution in [1.29, 1.82) is 0 Å². The summed E-state index contributed by atoms with van der Waals surface area (Å²) in [6, 6.07) is 29.9. The number of rotatable bonds is 25. The predicted molar refractivity (Wildman–Crippen MR) is 493 cm³/mol. The van der Waals surface area contributed by atoms with E-state index in [1.54, 1.807) is 143 Å². The van der Waals surface area contributed by atoms with Crippen LogP contribution in [0, 0.1) is 23.7 Å². The van der Waals surface area contributed by atoms with E-state index in [-0.39, 0.29) is 81.0 Å². The molecule has 1 aliphatic heterocycles. The van der Waals surface area contributed by atoms with Crippen LogP contribution in [0.1, 0.15) is 119 Å². The number of fused-ring (bicyclic) bond motifs is 1. The molecule has 1 aliphatic rings. The first-order chi connectivity index (χ1) is 61.9. The zero-order chi connectivity index (χ0) is 95.0. The lowest BCUT2D eigenvalue weighted by Crippen LogP contribution is -2.59. The number of benzene rings is 6. The molecule has 0 unspecified atom stereocenters. The molecule has 1 fully saturated rings. The third-order valence-corrected chi connectivity index (χ3v) is 24.6. The van der Waals surface area contributed by atoms with Crippen molar-refractivity contribution in [2.24, 2.45) is 29.4 Å². The second-order valence-electron chi connectivity index (χ2n) is 33.9. The van der Waals surface area contributed by atoms with Gasteiger partial charge in [-0.2, -0.15) is 0 Å². The number of aromatic nitrogens is 1. The van der Waals surface area contributed by atoms with E-state index in [1.165, 1.54) is 93.6 Å². The summed E-state index contributed by atoms with van der Waals surface area (Å²) in [7, 11) is 6.81. The maximum Gasteiger partial charge on any atom is 0.293 e. The Morgan fingerprint density at radius 1 is 0.515 bits per heavy atom. The lowest BCUT2D eigenvalue weighted by molar-refractivity contribution is -0.151. The summed E-state index contributed by atoms with van der Waals surface area (Å²) >= 11 is 4.33. The summed E-state index contributed by atoms with van der Waals surface area (Å²) in [5.74, 6) is -16.3. The first-order valence-electron chi connectivity index (χ1n) is 43.4. The Morgan fingerprint density at radius 2 is 1.01 bits per heavy atom. The largest absolute Gasteiger partial charge is 0.508 e. The molecule has 11 N–H and O–H groups in total. The van der Waals surface area contributed by atoms with E-state index in [0.717, 1.165) is 26.5 Å². The van der Waals surface area contributed by atoms with Gasteiger partial charge >= 0.3 is 0 Å². The Labute approximate surface area is 769 Å². The number of carbonyl (C=O) groups is 16. The number of ether oxygens (including phenoxy) is 1. The number of hydrogen-bond donors (Lipinski definition) is 10. The molecule has 7 aromatic rings. The van der Waals surface area contributed by atoms with Gasteiger partial charge in [-0.1, -0.05) is 179 Å². The van der Waals surface area contributed by atoms with E-state index in [1.807, 2.05) is 6.92 Å². The summed E-state index contributed by atoms with van der Waals surface area (Å²) in [5.41, 5.74) is 9.34. The summed E-state index contributed by atoms with van der Waals surface area (Å²) in [4.78, 5) is 244. The third-order valence-electron chi connectivity index (χ3n) is 23.0. The van der Waals surface area contributed by atoms with E-state index in [4.69, 9.17) is 10.5 Å². The smallest absolute Gasteiger partial charge is 0.293 e. The van der Waals surface area contributed by atoms with Crippen LogP contribution in [0.2, 0.25) is 0 Å². The zero-order valence-electron chi connectivity index (χ0n) is 75.0. The van der Waals surface area contributed by atoms with Crippen LogP contribution in [-0.4, -0.2) is 255 Å². The number of phenols is 2. The van der Waals surface area contributed by atoms with Gasteiger partial charge in [-0.15, -0.1) is 11.8 Å². The average Bonchev–Trinajstić information content (AvgIpc) is 1.56. The summed E-state index contributed by atoms with van der Waals surface area (Å²) in [6.45, 7) is 6.87. The molecule has 0 spiro atoms. The van der Waals surface area contributed by atoms with Crippen molar-refractivity contribution >= 4 is 133 Å². The molecule has 8 rings (SSSR count). The fourth-order valence-electron chi connectivity index (χ4n) is 15.6. The summed E-state index contributed by atoms with van der Waals surface area (Å²) in [5, 5.41) is 38.2. The number of aromatic hydroxyl groups is 2. The van der Waals surface area contributed by atoms with E-state index in [2.05, 4.69) is 52.8 Å². The number of hydrogen-bond acceptors (Lipinski definition) is 20. The van der Waals surface area contributed by atoms with Gasteiger partial charge in [0.05, 0.1) is 30.8 Å². The molecule has 1 aromatic heterocycles. The van der Waals surface area contributed by atoms with Crippen molar-refractivity contribution in [3.63, 3.8) is 0 Å². The number of H-pyrrole nitrogens is 1. The van der Waals surface area contributed by atoms with Gasteiger partial charge in [-0.3, -0.25) is 76.7 Å². The minimum atomic E-state index is -1.58. The predicted octanol–water partition coefficient (Wildman–Crippen LogP) is 6.20. The van der Waals surface area contributed by atoms with E-state index < -0.39 is 211 Å². The van der Waals surface area contributed by atoms with E-state index in [0.29, 0.717) is 61.6 Å². The van der Waals surface area contributed by atoms with E-state index >= 15 is 43.2 Å². The van der Waals surface area contributed by atoms with Gasteiger partial charge < -0.3 is 82.1 Å². The molecular formula is C96H120BrN13O19S. The van der Waals surface area contributed by atoms with Gasteiger partial charge in [0.15, 0.2) is 11.6 Å². The maximum absolute atomic E-state index is 15.6. The van der Waals surface area contributed by atoms with Crippen molar-refractivity contribution in [3.05, 3.63) is 202 Å². The molecule has 2 heterocycles. The molecule has 130 heavy (non-hydrogen) atoms. The minimum Gasteiger partial charge on any atom is -0.508 e. The van der Waals surface area contributed by atoms with Crippen LogP contribution in [0.4, 0.5) is 0 Å². The Morgan fingerprint density at radius 3 is 1.58 bits per heavy atom. The van der Waals surface area contributed by atoms with Gasteiger partial charge in [0.25, 0.3) is 6.47 Å². The Bertz CT molecular complexity index is 5080. The second kappa shape index (κ2) is 50.4. The number of unbranched alkanes of at least 4 members (excludes halogenated alkanes) is 1. The molecular weight excluding hydrogens is 1750 g/mol. The molecule has 0 radical (unpaired) electrons. The number of carbonyl (C=O) groups excluding carboxylic acids is 16. The van der Waals surface area contributed by atoms with Crippen molar-refractivity contribution < 1.29 is 91.7 Å². The normalized spacial score (nSPS) is 22.0. The number of nitrogens with two attached hydrogens (primary N) is 1. The monoisotopic (exact) mass is 1870 g/mol. The number of phenolic OH excluding ortho intramolecular Hbond substituents is 2. The number of thioether (sulfide) groups is 1. The highest BCUT2D eigenvalue weighted by atomic mass is 79.9. The number of ketones is 3. The molecule has 0 bridgehead atoms. The number of aromatic amines is 1.